The molecule has 2 aromatic rings. The molecular weight excluding hydrogens is 256 g/mol. The van der Waals surface area contributed by atoms with E-state index in [0.29, 0.717) is 23.5 Å². The Morgan fingerprint density at radius 2 is 1.81 bits per heavy atom. The summed E-state index contributed by atoms with van der Waals surface area (Å²) in [5.41, 5.74) is 3.13. The molecule has 1 aliphatic carbocycles. The molecule has 2 aromatic carbocycles. The van der Waals surface area contributed by atoms with E-state index in [2.05, 4.69) is 58.9 Å². The molecule has 0 radical (unpaired) electrons. The third kappa shape index (κ3) is 1.97. The molecule has 2 unspecified atom stereocenters. The van der Waals surface area contributed by atoms with Crippen molar-refractivity contribution in [2.45, 2.75) is 52.9 Å². The fourth-order valence-electron chi connectivity index (χ4n) is 4.23. The van der Waals surface area contributed by atoms with Gasteiger partial charge in [0.05, 0.1) is 0 Å². The van der Waals surface area contributed by atoms with Gasteiger partial charge in [0.25, 0.3) is 0 Å². The van der Waals surface area contributed by atoms with Crippen molar-refractivity contribution in [3.05, 3.63) is 41.5 Å². The van der Waals surface area contributed by atoms with E-state index in [-0.39, 0.29) is 5.41 Å². The van der Waals surface area contributed by atoms with Gasteiger partial charge in [0.2, 0.25) is 0 Å². The predicted molar refractivity (Wildman–Crippen MR) is 90.0 cm³/mol. The van der Waals surface area contributed by atoms with E-state index in [0.717, 1.165) is 11.8 Å². The first-order valence-electron chi connectivity index (χ1n) is 8.13. The van der Waals surface area contributed by atoms with Gasteiger partial charge < -0.3 is 5.11 Å². The summed E-state index contributed by atoms with van der Waals surface area (Å²) in [5.74, 6) is 2.08. The molecule has 0 saturated heterocycles. The van der Waals surface area contributed by atoms with Gasteiger partial charge in [0.1, 0.15) is 5.75 Å². The number of hydrogen-bond acceptors (Lipinski definition) is 1. The SMILES string of the molecule is CCC(C)(C)C1c2cccc3c(O)ccc(c23)C1C(C)C. The van der Waals surface area contributed by atoms with Gasteiger partial charge in [-0.25, -0.2) is 0 Å². The zero-order chi connectivity index (χ0) is 15.4. The Kier molecular flexibility index (Phi) is 3.27. The summed E-state index contributed by atoms with van der Waals surface area (Å²) in [5, 5.41) is 12.5. The highest BCUT2D eigenvalue weighted by Crippen LogP contribution is 2.58. The van der Waals surface area contributed by atoms with E-state index >= 15 is 0 Å². The molecule has 112 valence electrons. The number of rotatable bonds is 3. The molecule has 0 spiro atoms. The number of phenols is 1. The Morgan fingerprint density at radius 1 is 1.10 bits per heavy atom. The molecule has 0 amide bonds. The van der Waals surface area contributed by atoms with Crippen LogP contribution in [0.3, 0.4) is 0 Å². The number of aromatic hydroxyl groups is 1. The highest BCUT2D eigenvalue weighted by molar-refractivity contribution is 5.96. The van der Waals surface area contributed by atoms with Crippen LogP contribution in [-0.4, -0.2) is 5.11 Å². The molecule has 1 nitrogen and oxygen atoms in total. The van der Waals surface area contributed by atoms with Crippen molar-refractivity contribution in [2.24, 2.45) is 11.3 Å². The second-order valence-electron chi connectivity index (χ2n) is 7.53. The Morgan fingerprint density at radius 3 is 2.43 bits per heavy atom. The van der Waals surface area contributed by atoms with Crippen LogP contribution in [0.15, 0.2) is 30.3 Å². The molecule has 2 atom stereocenters. The standard InChI is InChI=1S/C20H26O/c1-6-20(4,5)19-15-9-7-8-13-16(21)11-10-14(18(13)15)17(19)12(2)3/h7-12,17,19,21H,6H2,1-5H3. The lowest BCUT2D eigenvalue weighted by atomic mass is 9.66. The summed E-state index contributed by atoms with van der Waals surface area (Å²) < 4.78 is 0. The fraction of sp³-hybridized carbons (Fsp3) is 0.500. The van der Waals surface area contributed by atoms with Gasteiger partial charge in [0.15, 0.2) is 0 Å². The van der Waals surface area contributed by atoms with Crippen LogP contribution in [0.25, 0.3) is 10.8 Å². The quantitative estimate of drug-likeness (QED) is 0.752. The van der Waals surface area contributed by atoms with E-state index in [1.807, 2.05) is 6.07 Å². The van der Waals surface area contributed by atoms with Crippen molar-refractivity contribution >= 4 is 10.8 Å². The van der Waals surface area contributed by atoms with Gasteiger partial charge in [-0.3, -0.25) is 0 Å². The molecule has 1 heteroatoms. The zero-order valence-electron chi connectivity index (χ0n) is 13.8. The monoisotopic (exact) mass is 282 g/mol. The smallest absolute Gasteiger partial charge is 0.123 e. The van der Waals surface area contributed by atoms with Crippen molar-refractivity contribution in [3.8, 4) is 5.75 Å². The van der Waals surface area contributed by atoms with Crippen molar-refractivity contribution < 1.29 is 5.11 Å². The molecule has 1 N–H and O–H groups in total. The molecule has 21 heavy (non-hydrogen) atoms. The molecule has 0 bridgehead atoms. The largest absolute Gasteiger partial charge is 0.507 e. The highest BCUT2D eigenvalue weighted by Gasteiger charge is 2.43. The van der Waals surface area contributed by atoms with Gasteiger partial charge in [-0.2, -0.15) is 0 Å². The Labute approximate surface area is 128 Å². The minimum atomic E-state index is 0.262. The Hall–Kier alpha value is -1.50. The number of phenolic OH excluding ortho intramolecular Hbond substituents is 1. The molecule has 0 fully saturated rings. The maximum Gasteiger partial charge on any atom is 0.123 e. The van der Waals surface area contributed by atoms with Gasteiger partial charge >= 0.3 is 0 Å². The fourth-order valence-corrected chi connectivity index (χ4v) is 4.23. The first-order valence-corrected chi connectivity index (χ1v) is 8.13. The molecule has 0 saturated carbocycles. The molecule has 0 heterocycles. The van der Waals surface area contributed by atoms with Gasteiger partial charge in [0, 0.05) is 5.39 Å². The van der Waals surface area contributed by atoms with Crippen molar-refractivity contribution in [2.75, 3.05) is 0 Å². The predicted octanol–water partition coefficient (Wildman–Crippen LogP) is 5.82. The average molecular weight is 282 g/mol. The second kappa shape index (κ2) is 4.76. The van der Waals surface area contributed by atoms with Crippen LogP contribution in [0.1, 0.15) is 64.0 Å². The summed E-state index contributed by atoms with van der Waals surface area (Å²) >= 11 is 0. The van der Waals surface area contributed by atoms with Crippen LogP contribution < -0.4 is 0 Å². The van der Waals surface area contributed by atoms with Crippen LogP contribution in [0.5, 0.6) is 5.75 Å². The summed E-state index contributed by atoms with van der Waals surface area (Å²) in [7, 11) is 0. The topological polar surface area (TPSA) is 20.2 Å². The molecule has 0 aromatic heterocycles. The Balaban J connectivity index is 2.34. The maximum absolute atomic E-state index is 10.2. The van der Waals surface area contributed by atoms with Crippen LogP contribution in [0.2, 0.25) is 0 Å². The summed E-state index contributed by atoms with van der Waals surface area (Å²) in [4.78, 5) is 0. The van der Waals surface area contributed by atoms with Crippen molar-refractivity contribution in [3.63, 3.8) is 0 Å². The third-order valence-electron chi connectivity index (χ3n) is 5.61. The van der Waals surface area contributed by atoms with Crippen molar-refractivity contribution in [1.82, 2.24) is 0 Å². The number of benzene rings is 2. The lowest BCUT2D eigenvalue weighted by molar-refractivity contribution is 0.221. The minimum absolute atomic E-state index is 0.262. The van der Waals surface area contributed by atoms with Crippen LogP contribution in [0.4, 0.5) is 0 Å². The van der Waals surface area contributed by atoms with Crippen LogP contribution in [0, 0.1) is 11.3 Å². The summed E-state index contributed by atoms with van der Waals surface area (Å²) in [6.45, 7) is 11.7. The van der Waals surface area contributed by atoms with E-state index in [1.54, 1.807) is 0 Å². The molecular formula is C20H26O. The van der Waals surface area contributed by atoms with E-state index in [9.17, 15) is 5.11 Å². The normalized spacial score (nSPS) is 21.4. The van der Waals surface area contributed by atoms with Crippen molar-refractivity contribution in [1.29, 1.82) is 0 Å². The number of hydrogen-bond donors (Lipinski definition) is 1. The molecule has 3 rings (SSSR count). The van der Waals surface area contributed by atoms with Gasteiger partial charge in [-0.1, -0.05) is 65.3 Å². The maximum atomic E-state index is 10.2. The van der Waals surface area contributed by atoms with E-state index in [4.69, 9.17) is 0 Å². The first-order chi connectivity index (χ1) is 9.88. The lowest BCUT2D eigenvalue weighted by Crippen LogP contribution is -2.26. The second-order valence-corrected chi connectivity index (χ2v) is 7.53. The third-order valence-corrected chi connectivity index (χ3v) is 5.61. The molecule has 0 aliphatic heterocycles. The van der Waals surface area contributed by atoms with Crippen LogP contribution >= 0.6 is 0 Å². The average Bonchev–Trinajstić information content (AvgIpc) is 2.80. The van der Waals surface area contributed by atoms with Gasteiger partial charge in [-0.05, 0) is 45.7 Å². The van der Waals surface area contributed by atoms with Crippen LogP contribution in [-0.2, 0) is 0 Å². The highest BCUT2D eigenvalue weighted by atomic mass is 16.3. The Bertz CT molecular complexity index is 682. The van der Waals surface area contributed by atoms with Gasteiger partial charge in [-0.15, -0.1) is 0 Å². The lowest BCUT2D eigenvalue weighted by Gasteiger charge is -2.38. The van der Waals surface area contributed by atoms with E-state index in [1.165, 1.54) is 16.5 Å². The zero-order valence-corrected chi connectivity index (χ0v) is 13.8. The first kappa shape index (κ1) is 14.4. The summed E-state index contributed by atoms with van der Waals surface area (Å²) in [6, 6.07) is 10.4. The summed E-state index contributed by atoms with van der Waals surface area (Å²) in [6.07, 6.45) is 1.16. The minimum Gasteiger partial charge on any atom is -0.507 e. The van der Waals surface area contributed by atoms with E-state index < -0.39 is 0 Å². The molecule has 1 aliphatic rings.